The lowest BCUT2D eigenvalue weighted by Gasteiger charge is -2.12. The first kappa shape index (κ1) is 14.8. The quantitative estimate of drug-likeness (QED) is 0.855. The van der Waals surface area contributed by atoms with E-state index in [1.807, 2.05) is 5.32 Å². The molecule has 1 N–H and O–H groups in total. The minimum absolute atomic E-state index is 0.101. The summed E-state index contributed by atoms with van der Waals surface area (Å²) in [4.78, 5) is 11.2. The van der Waals surface area contributed by atoms with E-state index in [9.17, 15) is 18.0 Å². The van der Waals surface area contributed by atoms with Gasteiger partial charge in [0.25, 0.3) is 0 Å². The first-order valence-electron chi connectivity index (χ1n) is 6.17. The molecule has 2 aromatic rings. The number of hydrogen-bond donors (Lipinski definition) is 1. The fourth-order valence-electron chi connectivity index (χ4n) is 1.72. The van der Waals surface area contributed by atoms with Crippen molar-refractivity contribution < 1.29 is 18.0 Å². The summed E-state index contributed by atoms with van der Waals surface area (Å²) < 4.78 is 37.3. The topological polar surface area (TPSA) is 29.1 Å². The molecule has 0 bridgehead atoms. The van der Waals surface area contributed by atoms with Crippen molar-refractivity contribution in [1.29, 1.82) is 0 Å². The fourth-order valence-corrected chi connectivity index (χ4v) is 1.72. The highest BCUT2D eigenvalue weighted by Crippen LogP contribution is 2.20. The Morgan fingerprint density at radius 1 is 0.905 bits per heavy atom. The van der Waals surface area contributed by atoms with Crippen molar-refractivity contribution in [3.8, 4) is 0 Å². The van der Waals surface area contributed by atoms with Crippen molar-refractivity contribution in [2.75, 3.05) is 0 Å². The molecule has 0 aromatic heterocycles. The molecule has 0 aliphatic heterocycles. The normalized spacial score (nSPS) is 12.0. The van der Waals surface area contributed by atoms with Crippen LogP contribution in [-0.2, 0) is 4.79 Å². The summed E-state index contributed by atoms with van der Waals surface area (Å²) in [5.74, 6) is -1.99. The standard InChI is InChI=1S/C16H12F3NO/c17-16(18,19)15(21)20-14(13-9-5-2-6-10-13)11-12-7-3-1-4-8-12/h1-11H,(H,20,21). The highest BCUT2D eigenvalue weighted by molar-refractivity contribution is 5.94. The van der Waals surface area contributed by atoms with Crippen LogP contribution >= 0.6 is 0 Å². The van der Waals surface area contributed by atoms with E-state index in [-0.39, 0.29) is 5.70 Å². The second-order valence-electron chi connectivity index (χ2n) is 4.29. The van der Waals surface area contributed by atoms with E-state index >= 15 is 0 Å². The molecule has 108 valence electrons. The summed E-state index contributed by atoms with van der Waals surface area (Å²) in [5.41, 5.74) is 1.29. The van der Waals surface area contributed by atoms with Gasteiger partial charge in [-0.1, -0.05) is 60.7 Å². The molecule has 1 amide bonds. The summed E-state index contributed by atoms with van der Waals surface area (Å²) in [5, 5.41) is 1.92. The Kier molecular flexibility index (Phi) is 4.42. The van der Waals surface area contributed by atoms with Crippen LogP contribution in [0.4, 0.5) is 13.2 Å². The third kappa shape index (κ3) is 4.21. The van der Waals surface area contributed by atoms with Gasteiger partial charge in [0.05, 0.1) is 0 Å². The number of nitrogens with one attached hydrogen (secondary N) is 1. The van der Waals surface area contributed by atoms with Crippen molar-refractivity contribution in [2.24, 2.45) is 0 Å². The largest absolute Gasteiger partial charge is 0.471 e. The first-order chi connectivity index (χ1) is 9.97. The molecule has 0 unspecified atom stereocenters. The van der Waals surface area contributed by atoms with E-state index in [4.69, 9.17) is 0 Å². The van der Waals surface area contributed by atoms with E-state index in [1.165, 1.54) is 6.08 Å². The smallest absolute Gasteiger partial charge is 0.318 e. The van der Waals surface area contributed by atoms with Crippen LogP contribution in [0.3, 0.4) is 0 Å². The fraction of sp³-hybridized carbons (Fsp3) is 0.0625. The molecule has 0 atom stereocenters. The zero-order valence-corrected chi connectivity index (χ0v) is 10.9. The van der Waals surface area contributed by atoms with Crippen LogP contribution in [0.1, 0.15) is 11.1 Å². The summed E-state index contributed by atoms with van der Waals surface area (Å²) >= 11 is 0. The summed E-state index contributed by atoms with van der Waals surface area (Å²) in [6.45, 7) is 0. The van der Waals surface area contributed by atoms with Gasteiger partial charge in [0, 0.05) is 5.70 Å². The lowest BCUT2D eigenvalue weighted by molar-refractivity contribution is -0.172. The summed E-state index contributed by atoms with van der Waals surface area (Å²) in [6, 6.07) is 17.2. The van der Waals surface area contributed by atoms with Crippen LogP contribution in [0.15, 0.2) is 60.7 Å². The molecule has 0 aliphatic rings. The molecule has 0 saturated heterocycles. The maximum absolute atomic E-state index is 12.4. The predicted molar refractivity (Wildman–Crippen MR) is 75.0 cm³/mol. The number of benzene rings is 2. The third-order valence-corrected chi connectivity index (χ3v) is 2.70. The average Bonchev–Trinajstić information content (AvgIpc) is 2.47. The molecule has 0 spiro atoms. The number of carbonyl (C=O) groups is 1. The molecule has 0 aliphatic carbocycles. The number of carbonyl (C=O) groups excluding carboxylic acids is 1. The van der Waals surface area contributed by atoms with Crippen molar-refractivity contribution in [2.45, 2.75) is 6.18 Å². The highest BCUT2D eigenvalue weighted by atomic mass is 19.4. The molecule has 2 rings (SSSR count). The second-order valence-corrected chi connectivity index (χ2v) is 4.29. The zero-order valence-electron chi connectivity index (χ0n) is 10.9. The number of rotatable bonds is 3. The molecule has 2 nitrogen and oxygen atoms in total. The van der Waals surface area contributed by atoms with Crippen molar-refractivity contribution in [1.82, 2.24) is 5.32 Å². The Labute approximate surface area is 119 Å². The Morgan fingerprint density at radius 2 is 1.43 bits per heavy atom. The summed E-state index contributed by atoms with van der Waals surface area (Å²) in [7, 11) is 0. The monoisotopic (exact) mass is 291 g/mol. The van der Waals surface area contributed by atoms with E-state index in [0.717, 1.165) is 0 Å². The van der Waals surface area contributed by atoms with Crippen LogP contribution < -0.4 is 5.32 Å². The van der Waals surface area contributed by atoms with Gasteiger partial charge in [0.2, 0.25) is 0 Å². The number of hydrogen-bond acceptors (Lipinski definition) is 1. The van der Waals surface area contributed by atoms with Gasteiger partial charge >= 0.3 is 12.1 Å². The van der Waals surface area contributed by atoms with Gasteiger partial charge in [0.1, 0.15) is 0 Å². The minimum atomic E-state index is -4.93. The van der Waals surface area contributed by atoms with Gasteiger partial charge in [-0.25, -0.2) is 0 Å². The molecule has 0 fully saturated rings. The Balaban J connectivity index is 2.36. The van der Waals surface area contributed by atoms with Crippen LogP contribution in [0, 0.1) is 0 Å². The Morgan fingerprint density at radius 3 is 1.95 bits per heavy atom. The number of amides is 1. The van der Waals surface area contributed by atoms with Crippen molar-refractivity contribution in [3.05, 3.63) is 71.8 Å². The Hall–Kier alpha value is -2.56. The van der Waals surface area contributed by atoms with Crippen LogP contribution in [-0.4, -0.2) is 12.1 Å². The van der Waals surface area contributed by atoms with E-state index in [0.29, 0.717) is 11.1 Å². The lowest BCUT2D eigenvalue weighted by atomic mass is 10.1. The Bertz CT molecular complexity index is 634. The van der Waals surface area contributed by atoms with E-state index in [1.54, 1.807) is 60.7 Å². The average molecular weight is 291 g/mol. The molecule has 0 radical (unpaired) electrons. The first-order valence-corrected chi connectivity index (χ1v) is 6.17. The van der Waals surface area contributed by atoms with E-state index in [2.05, 4.69) is 0 Å². The van der Waals surface area contributed by atoms with Crippen LogP contribution in [0.5, 0.6) is 0 Å². The van der Waals surface area contributed by atoms with Gasteiger partial charge < -0.3 is 5.32 Å². The van der Waals surface area contributed by atoms with Gasteiger partial charge in [-0.15, -0.1) is 0 Å². The molecule has 0 saturated carbocycles. The number of halogens is 3. The van der Waals surface area contributed by atoms with Crippen molar-refractivity contribution >= 4 is 17.7 Å². The third-order valence-electron chi connectivity index (χ3n) is 2.70. The lowest BCUT2D eigenvalue weighted by Crippen LogP contribution is -2.35. The number of alkyl halides is 3. The van der Waals surface area contributed by atoms with Crippen LogP contribution in [0.25, 0.3) is 11.8 Å². The van der Waals surface area contributed by atoms with Gasteiger partial charge in [-0.2, -0.15) is 13.2 Å². The minimum Gasteiger partial charge on any atom is -0.318 e. The molecule has 0 heterocycles. The molecule has 5 heteroatoms. The summed E-state index contributed by atoms with van der Waals surface area (Å²) in [6.07, 6.45) is -3.43. The highest BCUT2D eigenvalue weighted by Gasteiger charge is 2.39. The van der Waals surface area contributed by atoms with Crippen molar-refractivity contribution in [3.63, 3.8) is 0 Å². The van der Waals surface area contributed by atoms with Gasteiger partial charge in [-0.3, -0.25) is 4.79 Å². The molecular weight excluding hydrogens is 279 g/mol. The zero-order chi connectivity index (χ0) is 15.3. The van der Waals surface area contributed by atoms with E-state index < -0.39 is 12.1 Å². The molecule has 2 aromatic carbocycles. The maximum atomic E-state index is 12.4. The molecular formula is C16H12F3NO. The maximum Gasteiger partial charge on any atom is 0.471 e. The molecule has 21 heavy (non-hydrogen) atoms. The second kappa shape index (κ2) is 6.26. The van der Waals surface area contributed by atoms with Gasteiger partial charge in [0.15, 0.2) is 0 Å². The SMILES string of the molecule is O=C(NC(=Cc1ccccc1)c1ccccc1)C(F)(F)F. The van der Waals surface area contributed by atoms with Crippen LogP contribution in [0.2, 0.25) is 0 Å². The van der Waals surface area contributed by atoms with Gasteiger partial charge in [-0.05, 0) is 17.2 Å². The predicted octanol–water partition coefficient (Wildman–Crippen LogP) is 3.86.